The minimum Gasteiger partial charge on any atom is -0.389 e. The van der Waals surface area contributed by atoms with Gasteiger partial charge in [-0.1, -0.05) is 12.8 Å². The summed E-state index contributed by atoms with van der Waals surface area (Å²) in [6.45, 7) is 3.15. The quantitative estimate of drug-likeness (QED) is 0.592. The smallest absolute Gasteiger partial charge is 0.0921 e. The molecule has 102 valence electrons. The first kappa shape index (κ1) is 14.9. The molecule has 0 amide bonds. The number of aliphatic hydroxyl groups is 1. The molecule has 1 saturated carbocycles. The highest BCUT2D eigenvalue weighted by molar-refractivity contribution is 4.66. The SMILES string of the molecule is COCC(C)OCC(O)CNOC1CCCC1. The van der Waals surface area contributed by atoms with Gasteiger partial charge in [-0.25, -0.2) is 0 Å². The zero-order valence-electron chi connectivity index (χ0n) is 10.9. The van der Waals surface area contributed by atoms with E-state index in [0.29, 0.717) is 25.9 Å². The van der Waals surface area contributed by atoms with Crippen LogP contribution in [-0.4, -0.2) is 50.3 Å². The van der Waals surface area contributed by atoms with Crippen LogP contribution < -0.4 is 5.48 Å². The Morgan fingerprint density at radius 2 is 2.00 bits per heavy atom. The van der Waals surface area contributed by atoms with Crippen molar-refractivity contribution in [3.05, 3.63) is 0 Å². The van der Waals surface area contributed by atoms with Crippen molar-refractivity contribution < 1.29 is 19.4 Å². The van der Waals surface area contributed by atoms with Gasteiger partial charge in [0.15, 0.2) is 0 Å². The lowest BCUT2D eigenvalue weighted by Crippen LogP contribution is -2.34. The largest absolute Gasteiger partial charge is 0.389 e. The number of hydrogen-bond donors (Lipinski definition) is 2. The van der Waals surface area contributed by atoms with Gasteiger partial charge >= 0.3 is 0 Å². The Bertz CT molecular complexity index is 185. The van der Waals surface area contributed by atoms with Gasteiger partial charge in [0.25, 0.3) is 0 Å². The minimum absolute atomic E-state index is 0.00500. The van der Waals surface area contributed by atoms with Gasteiger partial charge in [-0.3, -0.25) is 4.84 Å². The van der Waals surface area contributed by atoms with E-state index in [0.717, 1.165) is 12.8 Å². The van der Waals surface area contributed by atoms with Crippen LogP contribution in [0.4, 0.5) is 0 Å². The number of hydroxylamine groups is 1. The predicted molar refractivity (Wildman–Crippen MR) is 64.6 cm³/mol. The molecule has 1 aliphatic rings. The third-order valence-corrected chi connectivity index (χ3v) is 2.85. The van der Waals surface area contributed by atoms with Crippen molar-refractivity contribution >= 4 is 0 Å². The van der Waals surface area contributed by atoms with E-state index in [4.69, 9.17) is 14.3 Å². The van der Waals surface area contributed by atoms with Gasteiger partial charge in [0.2, 0.25) is 0 Å². The number of hydrogen-bond acceptors (Lipinski definition) is 5. The fraction of sp³-hybridized carbons (Fsp3) is 1.00. The Labute approximate surface area is 103 Å². The molecule has 2 atom stereocenters. The van der Waals surface area contributed by atoms with E-state index in [9.17, 15) is 5.11 Å². The van der Waals surface area contributed by atoms with Gasteiger partial charge in [0.1, 0.15) is 0 Å². The Morgan fingerprint density at radius 3 is 2.65 bits per heavy atom. The average molecular weight is 247 g/mol. The lowest BCUT2D eigenvalue weighted by atomic mass is 10.3. The maximum absolute atomic E-state index is 9.63. The van der Waals surface area contributed by atoms with Crippen molar-refractivity contribution in [1.29, 1.82) is 0 Å². The van der Waals surface area contributed by atoms with Crippen LogP contribution in [0.3, 0.4) is 0 Å². The van der Waals surface area contributed by atoms with Gasteiger partial charge in [0, 0.05) is 13.7 Å². The molecule has 5 heteroatoms. The molecule has 0 heterocycles. The fourth-order valence-electron chi connectivity index (χ4n) is 1.89. The van der Waals surface area contributed by atoms with E-state index in [-0.39, 0.29) is 6.10 Å². The summed E-state index contributed by atoms with van der Waals surface area (Å²) in [5.74, 6) is 0. The number of ether oxygens (including phenoxy) is 2. The topological polar surface area (TPSA) is 60.0 Å². The van der Waals surface area contributed by atoms with Crippen LogP contribution in [-0.2, 0) is 14.3 Å². The van der Waals surface area contributed by atoms with Crippen LogP contribution in [0.2, 0.25) is 0 Å². The van der Waals surface area contributed by atoms with E-state index in [1.165, 1.54) is 12.8 Å². The summed E-state index contributed by atoms with van der Waals surface area (Å²) in [4.78, 5) is 5.44. The van der Waals surface area contributed by atoms with Crippen molar-refractivity contribution in [2.75, 3.05) is 26.9 Å². The molecule has 1 fully saturated rings. The normalized spacial score (nSPS) is 20.6. The zero-order valence-corrected chi connectivity index (χ0v) is 10.9. The van der Waals surface area contributed by atoms with E-state index >= 15 is 0 Å². The monoisotopic (exact) mass is 247 g/mol. The molecule has 0 radical (unpaired) electrons. The van der Waals surface area contributed by atoms with Crippen LogP contribution in [0, 0.1) is 0 Å². The lowest BCUT2D eigenvalue weighted by Gasteiger charge is -2.17. The molecule has 0 spiro atoms. The molecule has 0 aromatic carbocycles. The Hall–Kier alpha value is -0.200. The Morgan fingerprint density at radius 1 is 1.29 bits per heavy atom. The molecule has 1 aliphatic carbocycles. The first-order valence-electron chi connectivity index (χ1n) is 6.39. The van der Waals surface area contributed by atoms with Gasteiger partial charge in [0.05, 0.1) is 31.5 Å². The highest BCUT2D eigenvalue weighted by Gasteiger charge is 2.16. The van der Waals surface area contributed by atoms with E-state index in [1.807, 2.05) is 6.92 Å². The summed E-state index contributed by atoms with van der Waals surface area (Å²) in [7, 11) is 1.63. The third-order valence-electron chi connectivity index (χ3n) is 2.85. The number of rotatable bonds is 9. The Balaban J connectivity index is 1.94. The van der Waals surface area contributed by atoms with Crippen molar-refractivity contribution in [3.8, 4) is 0 Å². The summed E-state index contributed by atoms with van der Waals surface area (Å²) < 4.78 is 10.3. The maximum Gasteiger partial charge on any atom is 0.0921 e. The standard InChI is InChI=1S/C12H25NO4/c1-10(8-15-2)16-9-11(14)7-13-17-12-5-3-4-6-12/h10-14H,3-9H2,1-2H3. The summed E-state index contributed by atoms with van der Waals surface area (Å²) in [5, 5.41) is 9.63. The number of methoxy groups -OCH3 is 1. The van der Waals surface area contributed by atoms with Crippen LogP contribution in [0.1, 0.15) is 32.6 Å². The third kappa shape index (κ3) is 6.95. The molecule has 2 unspecified atom stereocenters. The summed E-state index contributed by atoms with van der Waals surface area (Å²) in [6, 6.07) is 0. The summed E-state index contributed by atoms with van der Waals surface area (Å²) >= 11 is 0. The molecule has 2 N–H and O–H groups in total. The van der Waals surface area contributed by atoms with Crippen molar-refractivity contribution in [1.82, 2.24) is 5.48 Å². The van der Waals surface area contributed by atoms with Crippen LogP contribution in [0.15, 0.2) is 0 Å². The van der Waals surface area contributed by atoms with E-state index < -0.39 is 6.10 Å². The maximum atomic E-state index is 9.63. The Kier molecular flexibility index (Phi) is 7.72. The predicted octanol–water partition coefficient (Wildman–Crippen LogP) is 0.863. The van der Waals surface area contributed by atoms with E-state index in [2.05, 4.69) is 5.48 Å². The highest BCUT2D eigenvalue weighted by Crippen LogP contribution is 2.19. The second-order valence-electron chi connectivity index (χ2n) is 4.63. The first-order chi connectivity index (χ1) is 8.22. The molecule has 0 aromatic rings. The average Bonchev–Trinajstić information content (AvgIpc) is 2.80. The molecule has 5 nitrogen and oxygen atoms in total. The molecule has 0 saturated heterocycles. The molecule has 0 bridgehead atoms. The molecular formula is C12H25NO4. The lowest BCUT2D eigenvalue weighted by molar-refractivity contribution is -0.0653. The molecule has 0 aromatic heterocycles. The second-order valence-corrected chi connectivity index (χ2v) is 4.63. The highest BCUT2D eigenvalue weighted by atomic mass is 16.7. The summed E-state index contributed by atoms with van der Waals surface area (Å²) in [5.41, 5.74) is 2.82. The van der Waals surface area contributed by atoms with Gasteiger partial charge in [-0.2, -0.15) is 5.48 Å². The van der Waals surface area contributed by atoms with Gasteiger partial charge in [-0.05, 0) is 19.8 Å². The van der Waals surface area contributed by atoms with Crippen molar-refractivity contribution in [3.63, 3.8) is 0 Å². The van der Waals surface area contributed by atoms with Crippen molar-refractivity contribution in [2.24, 2.45) is 0 Å². The second kappa shape index (κ2) is 8.83. The van der Waals surface area contributed by atoms with Crippen LogP contribution in [0.5, 0.6) is 0 Å². The number of nitrogens with one attached hydrogen (secondary N) is 1. The molecule has 17 heavy (non-hydrogen) atoms. The van der Waals surface area contributed by atoms with Crippen LogP contribution >= 0.6 is 0 Å². The van der Waals surface area contributed by atoms with Gasteiger partial charge in [-0.15, -0.1) is 0 Å². The van der Waals surface area contributed by atoms with Gasteiger partial charge < -0.3 is 14.6 Å². The number of aliphatic hydroxyl groups excluding tert-OH is 1. The van der Waals surface area contributed by atoms with Crippen molar-refractivity contribution in [2.45, 2.75) is 50.9 Å². The summed E-state index contributed by atoms with van der Waals surface area (Å²) in [6.07, 6.45) is 4.49. The molecule has 1 rings (SSSR count). The first-order valence-corrected chi connectivity index (χ1v) is 6.39. The minimum atomic E-state index is -0.546. The zero-order chi connectivity index (χ0) is 12.5. The molecular weight excluding hydrogens is 222 g/mol. The van der Waals surface area contributed by atoms with Crippen LogP contribution in [0.25, 0.3) is 0 Å². The molecule has 0 aliphatic heterocycles. The van der Waals surface area contributed by atoms with E-state index in [1.54, 1.807) is 7.11 Å². The fourth-order valence-corrected chi connectivity index (χ4v) is 1.89.